The van der Waals surface area contributed by atoms with Crippen LogP contribution in [-0.2, 0) is 12.8 Å². The Balaban J connectivity index is 1.62. The molecule has 0 aliphatic rings. The summed E-state index contributed by atoms with van der Waals surface area (Å²) in [5.41, 5.74) is 6.28. The number of halogens is 3. The van der Waals surface area contributed by atoms with Gasteiger partial charge in [-0.3, -0.25) is 14.2 Å². The Morgan fingerprint density at radius 2 is 1.92 bits per heavy atom. The zero-order valence-electron chi connectivity index (χ0n) is 20.0. The molecule has 0 saturated heterocycles. The lowest BCUT2D eigenvalue weighted by Gasteiger charge is -2.13. The molecule has 2 aromatic carbocycles. The van der Waals surface area contributed by atoms with Crippen LogP contribution in [0.3, 0.4) is 0 Å². The first kappa shape index (κ1) is 26.2. The van der Waals surface area contributed by atoms with E-state index in [0.717, 1.165) is 17.4 Å². The SMILES string of the molecule is CN(C)CCNC(=O)c1ccc2ncn(-c3cc(OCc4ccccc4C(F)(F)F)c(C(N)=O)s3)c2c1. The molecule has 194 valence electrons. The zero-order valence-corrected chi connectivity index (χ0v) is 20.8. The second-order valence-electron chi connectivity index (χ2n) is 8.46. The van der Waals surface area contributed by atoms with Gasteiger partial charge in [-0.25, -0.2) is 4.98 Å². The summed E-state index contributed by atoms with van der Waals surface area (Å²) in [6.45, 7) is 0.759. The highest BCUT2D eigenvalue weighted by atomic mass is 32.1. The van der Waals surface area contributed by atoms with Crippen LogP contribution in [0.5, 0.6) is 5.75 Å². The summed E-state index contributed by atoms with van der Waals surface area (Å²) in [4.78, 5) is 31.0. The maximum absolute atomic E-state index is 13.3. The number of hydrogen-bond acceptors (Lipinski definition) is 6. The molecular formula is C25H24F3N5O3S. The fraction of sp³-hybridized carbons (Fsp3) is 0.240. The summed E-state index contributed by atoms with van der Waals surface area (Å²) in [5, 5.41) is 3.35. The highest BCUT2D eigenvalue weighted by molar-refractivity contribution is 7.16. The van der Waals surface area contributed by atoms with Gasteiger partial charge in [0.2, 0.25) is 0 Å². The van der Waals surface area contributed by atoms with Gasteiger partial charge in [-0.15, -0.1) is 11.3 Å². The molecule has 0 bridgehead atoms. The van der Waals surface area contributed by atoms with Gasteiger partial charge < -0.3 is 20.7 Å². The average Bonchev–Trinajstić information content (AvgIpc) is 3.45. The van der Waals surface area contributed by atoms with Crippen molar-refractivity contribution in [3.63, 3.8) is 0 Å². The molecule has 0 radical (unpaired) electrons. The van der Waals surface area contributed by atoms with E-state index < -0.39 is 24.3 Å². The largest absolute Gasteiger partial charge is 0.487 e. The van der Waals surface area contributed by atoms with Crippen LogP contribution in [0.2, 0.25) is 0 Å². The number of primary amides is 1. The minimum Gasteiger partial charge on any atom is -0.487 e. The van der Waals surface area contributed by atoms with Gasteiger partial charge in [0, 0.05) is 30.3 Å². The van der Waals surface area contributed by atoms with E-state index in [1.165, 1.54) is 30.6 Å². The van der Waals surface area contributed by atoms with E-state index in [1.807, 2.05) is 19.0 Å². The summed E-state index contributed by atoms with van der Waals surface area (Å²) >= 11 is 1.01. The molecule has 0 spiro atoms. The minimum absolute atomic E-state index is 0.0546. The number of rotatable bonds is 9. The van der Waals surface area contributed by atoms with Crippen LogP contribution in [0.15, 0.2) is 54.9 Å². The molecule has 3 N–H and O–H groups in total. The lowest BCUT2D eigenvalue weighted by Crippen LogP contribution is -2.31. The summed E-state index contributed by atoms with van der Waals surface area (Å²) in [7, 11) is 3.82. The molecule has 2 amide bonds. The molecule has 37 heavy (non-hydrogen) atoms. The number of aromatic nitrogens is 2. The standard InChI is InChI=1S/C25H24F3N5O3S/c1-32(2)10-9-30-24(35)15-7-8-18-19(11-15)33(14-31-18)21-12-20(22(37-21)23(29)34)36-13-16-5-3-4-6-17(16)25(26,27)28/h3-8,11-12,14H,9-10,13H2,1-2H3,(H2,29,34)(H,30,35). The number of nitrogens with zero attached hydrogens (tertiary/aromatic N) is 3. The maximum atomic E-state index is 13.3. The predicted octanol–water partition coefficient (Wildman–Crippen LogP) is 4.08. The van der Waals surface area contributed by atoms with Crippen LogP contribution in [0.1, 0.15) is 31.2 Å². The van der Waals surface area contributed by atoms with Gasteiger partial charge in [-0.2, -0.15) is 13.2 Å². The quantitative estimate of drug-likeness (QED) is 0.339. The van der Waals surface area contributed by atoms with Crippen molar-refractivity contribution in [3.8, 4) is 10.8 Å². The maximum Gasteiger partial charge on any atom is 0.416 e. The molecule has 4 rings (SSSR count). The van der Waals surface area contributed by atoms with Gasteiger partial charge in [0.1, 0.15) is 28.6 Å². The number of fused-ring (bicyclic) bond motifs is 1. The number of likely N-dealkylation sites (N-methyl/N-ethyl adjacent to an activating group) is 1. The van der Waals surface area contributed by atoms with Crippen molar-refractivity contribution in [2.24, 2.45) is 5.73 Å². The third kappa shape index (κ3) is 5.92. The van der Waals surface area contributed by atoms with Gasteiger partial charge in [0.25, 0.3) is 11.8 Å². The molecule has 12 heteroatoms. The monoisotopic (exact) mass is 531 g/mol. The van der Waals surface area contributed by atoms with Crippen molar-refractivity contribution >= 4 is 34.2 Å². The third-order valence-corrected chi connectivity index (χ3v) is 6.64. The van der Waals surface area contributed by atoms with E-state index in [0.29, 0.717) is 34.7 Å². The lowest BCUT2D eigenvalue weighted by molar-refractivity contribution is -0.138. The number of nitrogens with one attached hydrogen (secondary N) is 1. The van der Waals surface area contributed by atoms with E-state index in [9.17, 15) is 22.8 Å². The number of thiophene rings is 1. The van der Waals surface area contributed by atoms with Crippen LogP contribution in [-0.4, -0.2) is 53.5 Å². The number of benzene rings is 2. The Labute approximate surface area is 214 Å². The fourth-order valence-corrected chi connectivity index (χ4v) is 4.60. The first-order valence-corrected chi connectivity index (χ1v) is 12.0. The Morgan fingerprint density at radius 1 is 1.16 bits per heavy atom. The van der Waals surface area contributed by atoms with Gasteiger partial charge in [0.05, 0.1) is 16.6 Å². The van der Waals surface area contributed by atoms with Gasteiger partial charge in [-0.05, 0) is 38.4 Å². The Kier molecular flexibility index (Phi) is 7.50. The van der Waals surface area contributed by atoms with Crippen molar-refractivity contribution in [1.29, 1.82) is 0 Å². The second-order valence-corrected chi connectivity index (χ2v) is 9.49. The lowest BCUT2D eigenvalue weighted by atomic mass is 10.1. The Hall–Kier alpha value is -3.90. The molecule has 0 saturated carbocycles. The zero-order chi connectivity index (χ0) is 26.7. The number of alkyl halides is 3. The molecule has 8 nitrogen and oxygen atoms in total. The van der Waals surface area contributed by atoms with Crippen LogP contribution in [0.25, 0.3) is 16.0 Å². The number of hydrogen-bond donors (Lipinski definition) is 2. The molecule has 4 aromatic rings. The molecule has 2 aromatic heterocycles. The highest BCUT2D eigenvalue weighted by Gasteiger charge is 2.33. The van der Waals surface area contributed by atoms with E-state index in [1.54, 1.807) is 22.8 Å². The fourth-order valence-electron chi connectivity index (χ4n) is 3.66. The van der Waals surface area contributed by atoms with Crippen molar-refractivity contribution in [2.45, 2.75) is 12.8 Å². The Morgan fingerprint density at radius 3 is 2.62 bits per heavy atom. The van der Waals surface area contributed by atoms with Gasteiger partial charge in [-0.1, -0.05) is 18.2 Å². The average molecular weight is 532 g/mol. The first-order valence-electron chi connectivity index (χ1n) is 11.2. The van der Waals surface area contributed by atoms with Gasteiger partial charge >= 0.3 is 6.18 Å². The van der Waals surface area contributed by atoms with Crippen molar-refractivity contribution in [1.82, 2.24) is 19.8 Å². The third-order valence-electron chi connectivity index (χ3n) is 5.51. The number of carbonyl (C=O) groups is 2. The minimum atomic E-state index is -4.54. The number of imidazole rings is 1. The van der Waals surface area contributed by atoms with E-state index in [4.69, 9.17) is 10.5 Å². The van der Waals surface area contributed by atoms with Crippen LogP contribution >= 0.6 is 11.3 Å². The van der Waals surface area contributed by atoms with Crippen LogP contribution in [0, 0.1) is 0 Å². The summed E-state index contributed by atoms with van der Waals surface area (Å²) in [5.74, 6) is -0.961. The highest BCUT2D eigenvalue weighted by Crippen LogP contribution is 2.36. The van der Waals surface area contributed by atoms with Gasteiger partial charge in [0.15, 0.2) is 0 Å². The molecule has 0 fully saturated rings. The molecule has 0 aliphatic carbocycles. The Bertz CT molecular complexity index is 1450. The van der Waals surface area contributed by atoms with E-state index >= 15 is 0 Å². The topological polar surface area (TPSA) is 102 Å². The summed E-state index contributed by atoms with van der Waals surface area (Å²) < 4.78 is 47.3. The van der Waals surface area contributed by atoms with Crippen LogP contribution < -0.4 is 15.8 Å². The number of ether oxygens (including phenoxy) is 1. The summed E-state index contributed by atoms with van der Waals surface area (Å²) in [6.07, 6.45) is -3.02. The smallest absolute Gasteiger partial charge is 0.416 e. The van der Waals surface area contributed by atoms with E-state index in [-0.39, 0.29) is 22.1 Å². The molecule has 2 heterocycles. The summed E-state index contributed by atoms with van der Waals surface area (Å²) in [6, 6.07) is 11.6. The van der Waals surface area contributed by atoms with Crippen LogP contribution in [0.4, 0.5) is 13.2 Å². The predicted molar refractivity (Wildman–Crippen MR) is 134 cm³/mol. The number of amides is 2. The van der Waals surface area contributed by atoms with Crippen molar-refractivity contribution in [2.75, 3.05) is 27.2 Å². The second kappa shape index (κ2) is 10.6. The van der Waals surface area contributed by atoms with Crippen molar-refractivity contribution < 1.29 is 27.5 Å². The molecule has 0 atom stereocenters. The molecule has 0 aliphatic heterocycles. The number of carbonyl (C=O) groups excluding carboxylic acids is 2. The number of nitrogens with two attached hydrogens (primary N) is 1. The normalized spacial score (nSPS) is 11.7. The molecular weight excluding hydrogens is 507 g/mol. The van der Waals surface area contributed by atoms with E-state index in [2.05, 4.69) is 10.3 Å². The first-order chi connectivity index (χ1) is 17.5. The van der Waals surface area contributed by atoms with Crippen molar-refractivity contribution in [3.05, 3.63) is 76.4 Å². The molecule has 0 unspecified atom stereocenters.